The fraction of sp³-hybridized carbons (Fsp3) is 0.120. The van der Waals surface area contributed by atoms with Crippen molar-refractivity contribution in [2.45, 2.75) is 13.0 Å². The molecule has 2 heterocycles. The molecule has 0 aliphatic carbocycles. The van der Waals surface area contributed by atoms with Crippen molar-refractivity contribution in [3.63, 3.8) is 0 Å². The Bertz CT molecular complexity index is 1390. The predicted octanol–water partition coefficient (Wildman–Crippen LogP) is 4.57. The molecule has 0 bridgehead atoms. The number of rotatable bonds is 3. The Kier molecular flexibility index (Phi) is 4.29. The number of amides is 1. The molecule has 1 unspecified atom stereocenters. The number of hydrogen-bond donors (Lipinski definition) is 1. The SMILES string of the molecule is COc1cccc(N2C(=O)c3oc4ccc(C)cc4c(=O)c3C2c2ccc(O)cc2)c1. The van der Waals surface area contributed by atoms with Crippen molar-refractivity contribution < 1.29 is 19.1 Å². The summed E-state index contributed by atoms with van der Waals surface area (Å²) in [5.41, 5.74) is 2.61. The van der Waals surface area contributed by atoms with E-state index in [-0.39, 0.29) is 22.5 Å². The Hall–Kier alpha value is -4.06. The second kappa shape index (κ2) is 7.02. The van der Waals surface area contributed by atoms with Gasteiger partial charge in [-0.25, -0.2) is 0 Å². The number of methoxy groups -OCH3 is 1. The van der Waals surface area contributed by atoms with Crippen LogP contribution in [0.15, 0.2) is 75.9 Å². The Morgan fingerprint density at radius 3 is 2.52 bits per heavy atom. The summed E-state index contributed by atoms with van der Waals surface area (Å²) in [6.45, 7) is 1.90. The van der Waals surface area contributed by atoms with Crippen molar-refractivity contribution in [2.24, 2.45) is 0 Å². The van der Waals surface area contributed by atoms with Gasteiger partial charge in [0.25, 0.3) is 5.91 Å². The van der Waals surface area contributed by atoms with E-state index in [0.717, 1.165) is 5.56 Å². The number of nitrogens with zero attached hydrogens (tertiary/aromatic N) is 1. The lowest BCUT2D eigenvalue weighted by atomic mass is 9.98. The van der Waals surface area contributed by atoms with Crippen LogP contribution in [0.1, 0.15) is 33.3 Å². The summed E-state index contributed by atoms with van der Waals surface area (Å²) in [7, 11) is 1.55. The van der Waals surface area contributed by atoms with Gasteiger partial charge in [-0.1, -0.05) is 29.8 Å². The monoisotopic (exact) mass is 413 g/mol. The van der Waals surface area contributed by atoms with Crippen LogP contribution in [-0.2, 0) is 0 Å². The van der Waals surface area contributed by atoms with Crippen LogP contribution in [0.4, 0.5) is 5.69 Å². The largest absolute Gasteiger partial charge is 0.508 e. The molecule has 0 saturated heterocycles. The van der Waals surface area contributed by atoms with E-state index in [1.807, 2.05) is 13.0 Å². The van der Waals surface area contributed by atoms with Crippen molar-refractivity contribution in [3.8, 4) is 11.5 Å². The van der Waals surface area contributed by atoms with Crippen molar-refractivity contribution in [2.75, 3.05) is 12.0 Å². The Morgan fingerprint density at radius 2 is 1.77 bits per heavy atom. The topological polar surface area (TPSA) is 80.0 Å². The van der Waals surface area contributed by atoms with E-state index in [4.69, 9.17) is 9.15 Å². The number of fused-ring (bicyclic) bond motifs is 2. The summed E-state index contributed by atoms with van der Waals surface area (Å²) in [5, 5.41) is 10.2. The van der Waals surface area contributed by atoms with Gasteiger partial charge in [-0.2, -0.15) is 0 Å². The van der Waals surface area contributed by atoms with Crippen LogP contribution in [0.3, 0.4) is 0 Å². The van der Waals surface area contributed by atoms with Crippen molar-refractivity contribution in [3.05, 3.63) is 99.4 Å². The number of ether oxygens (including phenoxy) is 1. The van der Waals surface area contributed by atoms with Crippen LogP contribution in [0.5, 0.6) is 11.5 Å². The molecule has 1 aliphatic heterocycles. The maximum Gasteiger partial charge on any atom is 0.295 e. The van der Waals surface area contributed by atoms with Crippen LogP contribution >= 0.6 is 0 Å². The fourth-order valence-corrected chi connectivity index (χ4v) is 4.09. The van der Waals surface area contributed by atoms with Gasteiger partial charge in [0.05, 0.1) is 24.1 Å². The molecule has 1 atom stereocenters. The Morgan fingerprint density at radius 1 is 1.00 bits per heavy atom. The number of anilines is 1. The van der Waals surface area contributed by atoms with E-state index in [1.165, 1.54) is 17.0 Å². The lowest BCUT2D eigenvalue weighted by Gasteiger charge is -2.25. The van der Waals surface area contributed by atoms with Gasteiger partial charge in [-0.15, -0.1) is 0 Å². The molecule has 6 heteroatoms. The molecular formula is C25H19NO5. The van der Waals surface area contributed by atoms with Crippen molar-refractivity contribution in [1.29, 1.82) is 0 Å². The highest BCUT2D eigenvalue weighted by Crippen LogP contribution is 2.42. The number of phenolic OH excluding ortho intramolecular Hbond substituents is 1. The summed E-state index contributed by atoms with van der Waals surface area (Å²) in [6.07, 6.45) is 0. The van der Waals surface area contributed by atoms with Gasteiger partial charge >= 0.3 is 0 Å². The molecule has 0 spiro atoms. The maximum absolute atomic E-state index is 13.6. The van der Waals surface area contributed by atoms with Crippen LogP contribution in [0.25, 0.3) is 11.0 Å². The summed E-state index contributed by atoms with van der Waals surface area (Å²) in [5.74, 6) is 0.316. The van der Waals surface area contributed by atoms with Crippen LogP contribution in [-0.4, -0.2) is 18.1 Å². The maximum atomic E-state index is 13.6. The molecule has 5 rings (SSSR count). The molecule has 1 aliphatic rings. The molecule has 154 valence electrons. The summed E-state index contributed by atoms with van der Waals surface area (Å²) < 4.78 is 11.3. The highest BCUT2D eigenvalue weighted by molar-refractivity contribution is 6.10. The highest BCUT2D eigenvalue weighted by Gasteiger charge is 2.43. The van der Waals surface area contributed by atoms with E-state index in [2.05, 4.69) is 0 Å². The number of carbonyl (C=O) groups excluding carboxylic acids is 1. The molecule has 4 aromatic rings. The average Bonchev–Trinajstić information content (AvgIpc) is 3.07. The summed E-state index contributed by atoms with van der Waals surface area (Å²) in [6, 6.07) is 18.2. The van der Waals surface area contributed by atoms with E-state index in [0.29, 0.717) is 28.0 Å². The standard InChI is InChI=1S/C25H19NO5/c1-14-6-11-20-19(12-14)23(28)21-22(15-7-9-17(27)10-8-15)26(25(29)24(21)31-20)16-4-3-5-18(13-16)30-2/h3-13,22,27H,1-2H3. The molecule has 3 aromatic carbocycles. The highest BCUT2D eigenvalue weighted by atomic mass is 16.5. The number of aromatic hydroxyl groups is 1. The number of aryl methyl sites for hydroxylation is 1. The number of carbonyl (C=O) groups is 1. The molecule has 1 N–H and O–H groups in total. The van der Waals surface area contributed by atoms with Gasteiger partial charge in [0.15, 0.2) is 5.43 Å². The number of phenols is 1. The molecule has 6 nitrogen and oxygen atoms in total. The lowest BCUT2D eigenvalue weighted by Crippen LogP contribution is -2.29. The first-order valence-corrected chi connectivity index (χ1v) is 9.82. The third kappa shape index (κ3) is 2.95. The molecule has 1 aromatic heterocycles. The van der Waals surface area contributed by atoms with E-state index >= 15 is 0 Å². The zero-order valence-electron chi connectivity index (χ0n) is 17.0. The molecule has 0 fully saturated rings. The zero-order chi connectivity index (χ0) is 21.7. The Balaban J connectivity index is 1.81. The summed E-state index contributed by atoms with van der Waals surface area (Å²) >= 11 is 0. The van der Waals surface area contributed by atoms with E-state index < -0.39 is 11.9 Å². The van der Waals surface area contributed by atoms with E-state index in [9.17, 15) is 14.7 Å². The predicted molar refractivity (Wildman–Crippen MR) is 117 cm³/mol. The molecule has 1 amide bonds. The first kappa shape index (κ1) is 18.9. The third-order valence-electron chi connectivity index (χ3n) is 5.57. The second-order valence-corrected chi connectivity index (χ2v) is 7.54. The van der Waals surface area contributed by atoms with Gasteiger partial charge in [-0.05, 0) is 48.9 Å². The minimum atomic E-state index is -0.698. The molecule has 0 radical (unpaired) electrons. The minimum absolute atomic E-state index is 0.0299. The molecular weight excluding hydrogens is 394 g/mol. The van der Waals surface area contributed by atoms with Crippen LogP contribution in [0, 0.1) is 6.92 Å². The number of hydrogen-bond acceptors (Lipinski definition) is 5. The van der Waals surface area contributed by atoms with Gasteiger partial charge in [0, 0.05) is 11.8 Å². The van der Waals surface area contributed by atoms with Gasteiger partial charge in [0.2, 0.25) is 5.76 Å². The summed E-state index contributed by atoms with van der Waals surface area (Å²) in [4.78, 5) is 28.6. The third-order valence-corrected chi connectivity index (χ3v) is 5.57. The Labute approximate surface area is 177 Å². The van der Waals surface area contributed by atoms with Gasteiger partial charge in [0.1, 0.15) is 17.1 Å². The van der Waals surface area contributed by atoms with Gasteiger partial charge in [-0.3, -0.25) is 14.5 Å². The zero-order valence-corrected chi connectivity index (χ0v) is 17.0. The van der Waals surface area contributed by atoms with Crippen molar-refractivity contribution >= 4 is 22.6 Å². The first-order valence-electron chi connectivity index (χ1n) is 9.82. The first-order chi connectivity index (χ1) is 15.0. The fourth-order valence-electron chi connectivity index (χ4n) is 4.09. The van der Waals surface area contributed by atoms with Gasteiger partial charge < -0.3 is 14.3 Å². The second-order valence-electron chi connectivity index (χ2n) is 7.54. The molecule has 0 saturated carbocycles. The number of benzene rings is 3. The smallest absolute Gasteiger partial charge is 0.295 e. The van der Waals surface area contributed by atoms with Crippen LogP contribution in [0.2, 0.25) is 0 Å². The van der Waals surface area contributed by atoms with Crippen molar-refractivity contribution in [1.82, 2.24) is 0 Å². The lowest BCUT2D eigenvalue weighted by molar-refractivity contribution is 0.0971. The van der Waals surface area contributed by atoms with Crippen LogP contribution < -0.4 is 15.1 Å². The normalized spacial score (nSPS) is 15.4. The molecule has 31 heavy (non-hydrogen) atoms. The minimum Gasteiger partial charge on any atom is -0.508 e. The average molecular weight is 413 g/mol. The van der Waals surface area contributed by atoms with E-state index in [1.54, 1.807) is 55.6 Å². The quantitative estimate of drug-likeness (QED) is 0.532.